The van der Waals surface area contributed by atoms with E-state index in [9.17, 15) is 24.4 Å². The van der Waals surface area contributed by atoms with Gasteiger partial charge in [0.05, 0.1) is 15.7 Å². The number of aromatic nitrogens is 1. The van der Waals surface area contributed by atoms with Gasteiger partial charge < -0.3 is 21.3 Å². The number of pyridine rings is 1. The van der Waals surface area contributed by atoms with E-state index in [0.29, 0.717) is 49.3 Å². The van der Waals surface area contributed by atoms with Crippen LogP contribution in [0.1, 0.15) is 50.1 Å². The molecule has 3 aromatic carbocycles. The van der Waals surface area contributed by atoms with Gasteiger partial charge in [-0.25, -0.2) is 0 Å². The maximum absolute atomic E-state index is 13.5. The molecule has 1 unspecified atom stereocenters. The zero-order valence-electron chi connectivity index (χ0n) is 27.1. The van der Waals surface area contributed by atoms with E-state index in [1.807, 2.05) is 19.1 Å². The number of nitrogens with one attached hydrogen (secondary N) is 4. The van der Waals surface area contributed by atoms with Crippen molar-refractivity contribution in [1.82, 2.24) is 10.3 Å². The molecule has 0 spiro atoms. The Morgan fingerprint density at radius 3 is 2.28 bits per heavy atom. The molecule has 0 aliphatic heterocycles. The van der Waals surface area contributed by atoms with Gasteiger partial charge >= 0.3 is 0 Å². The average Bonchev–Trinajstić information content (AvgIpc) is 3.45. The standard InChI is InChI=1S/C38H32N6O4S2/c1-3-32(36(47)44-38-30(22-39)24(2)33(50-38)37(48)41-27-15-8-5-9-16-27)49-29-18-10-17-28(21-29)42-35(46)31(20-25-12-11-19-40-23-25)43-34(45)26-13-6-4-7-14-26/h4-21,23,32H,3H2,1-2H3,(H,41,48)(H,42,46)(H,43,45)(H,44,47)/b31-20-. The van der Waals surface area contributed by atoms with Crippen molar-refractivity contribution in [3.63, 3.8) is 0 Å². The Morgan fingerprint density at radius 1 is 0.880 bits per heavy atom. The van der Waals surface area contributed by atoms with Crippen LogP contribution in [0.5, 0.6) is 0 Å². The average molecular weight is 701 g/mol. The van der Waals surface area contributed by atoms with Gasteiger partial charge in [-0.3, -0.25) is 24.2 Å². The van der Waals surface area contributed by atoms with E-state index < -0.39 is 17.1 Å². The second kappa shape index (κ2) is 16.9. The van der Waals surface area contributed by atoms with Gasteiger partial charge in [-0.1, -0.05) is 55.5 Å². The van der Waals surface area contributed by atoms with E-state index in [4.69, 9.17) is 0 Å². The minimum Gasteiger partial charge on any atom is -0.321 e. The topological polar surface area (TPSA) is 153 Å². The quantitative estimate of drug-likeness (QED) is 0.0777. The highest BCUT2D eigenvalue weighted by atomic mass is 32.2. The molecule has 5 aromatic rings. The summed E-state index contributed by atoms with van der Waals surface area (Å²) in [6, 6.07) is 30.2. The summed E-state index contributed by atoms with van der Waals surface area (Å²) in [6.45, 7) is 3.55. The van der Waals surface area contributed by atoms with Crippen molar-refractivity contribution in [2.24, 2.45) is 0 Å². The summed E-state index contributed by atoms with van der Waals surface area (Å²) in [5.74, 6) is -1.69. The molecule has 0 saturated carbocycles. The van der Waals surface area contributed by atoms with Gasteiger partial charge in [0.1, 0.15) is 16.8 Å². The van der Waals surface area contributed by atoms with E-state index in [0.717, 1.165) is 11.3 Å². The van der Waals surface area contributed by atoms with Gasteiger partial charge in [0.2, 0.25) is 5.91 Å². The third-order valence-electron chi connectivity index (χ3n) is 7.29. The van der Waals surface area contributed by atoms with E-state index in [-0.39, 0.29) is 23.1 Å². The predicted molar refractivity (Wildman–Crippen MR) is 198 cm³/mol. The SMILES string of the molecule is CCC(Sc1cccc(NC(=O)/C(=C/c2cccnc2)NC(=O)c2ccccc2)c1)C(=O)Nc1sc(C(=O)Nc2ccccc2)c(C)c1C#N. The summed E-state index contributed by atoms with van der Waals surface area (Å²) in [5.41, 5.74) is 2.83. The fourth-order valence-electron chi connectivity index (χ4n) is 4.76. The zero-order chi connectivity index (χ0) is 35.5. The van der Waals surface area contributed by atoms with Gasteiger partial charge in [-0.2, -0.15) is 5.26 Å². The molecule has 0 bridgehead atoms. The van der Waals surface area contributed by atoms with Gasteiger partial charge in [-0.05, 0) is 79.1 Å². The number of carbonyl (C=O) groups excluding carboxylic acids is 4. The van der Waals surface area contributed by atoms with E-state index in [1.54, 1.807) is 104 Å². The van der Waals surface area contributed by atoms with E-state index in [1.165, 1.54) is 17.8 Å². The molecule has 4 amide bonds. The molecule has 0 fully saturated rings. The normalized spacial score (nSPS) is 11.5. The largest absolute Gasteiger partial charge is 0.321 e. The number of nitrogens with zero attached hydrogens (tertiary/aromatic N) is 2. The highest BCUT2D eigenvalue weighted by Gasteiger charge is 2.25. The molecule has 12 heteroatoms. The summed E-state index contributed by atoms with van der Waals surface area (Å²) in [4.78, 5) is 58.1. The molecule has 5 rings (SSSR count). The first-order valence-electron chi connectivity index (χ1n) is 15.5. The van der Waals surface area contributed by atoms with Crippen LogP contribution in [0.4, 0.5) is 16.4 Å². The third-order valence-corrected chi connectivity index (χ3v) is 9.85. The first-order chi connectivity index (χ1) is 24.2. The molecule has 0 radical (unpaired) electrons. The summed E-state index contributed by atoms with van der Waals surface area (Å²) in [6.07, 6.45) is 5.19. The van der Waals surface area contributed by atoms with Crippen molar-refractivity contribution < 1.29 is 19.2 Å². The molecule has 0 saturated heterocycles. The third kappa shape index (κ3) is 9.10. The van der Waals surface area contributed by atoms with Crippen molar-refractivity contribution in [2.45, 2.75) is 30.4 Å². The lowest BCUT2D eigenvalue weighted by molar-refractivity contribution is -0.116. The van der Waals surface area contributed by atoms with Gasteiger partial charge in [0.15, 0.2) is 0 Å². The highest BCUT2D eigenvalue weighted by molar-refractivity contribution is 8.00. The number of benzene rings is 3. The summed E-state index contributed by atoms with van der Waals surface area (Å²) >= 11 is 2.35. The first kappa shape index (κ1) is 35.3. The molecule has 0 aliphatic carbocycles. The number of anilines is 3. The fraction of sp³-hybridized carbons (Fsp3) is 0.105. The highest BCUT2D eigenvalue weighted by Crippen LogP contribution is 2.35. The first-order valence-corrected chi connectivity index (χ1v) is 17.2. The minimum atomic E-state index is -0.553. The van der Waals surface area contributed by atoms with Crippen LogP contribution < -0.4 is 21.3 Å². The molecule has 1 atom stereocenters. The summed E-state index contributed by atoms with van der Waals surface area (Å²) in [5, 5.41) is 20.9. The number of rotatable bonds is 12. The van der Waals surface area contributed by atoms with Crippen LogP contribution in [0.15, 0.2) is 120 Å². The van der Waals surface area contributed by atoms with Crippen molar-refractivity contribution in [2.75, 3.05) is 16.0 Å². The molecule has 2 aromatic heterocycles. The van der Waals surface area contributed by atoms with Crippen molar-refractivity contribution >= 4 is 69.2 Å². The number of carbonyl (C=O) groups is 4. The number of hydrogen-bond acceptors (Lipinski definition) is 8. The smallest absolute Gasteiger partial charge is 0.272 e. The van der Waals surface area contributed by atoms with Crippen LogP contribution in [0.25, 0.3) is 6.08 Å². The molecule has 2 heterocycles. The second-order valence-electron chi connectivity index (χ2n) is 10.8. The monoisotopic (exact) mass is 700 g/mol. The molecule has 50 heavy (non-hydrogen) atoms. The Labute approximate surface area is 297 Å². The van der Waals surface area contributed by atoms with Crippen LogP contribution in [0.3, 0.4) is 0 Å². The maximum atomic E-state index is 13.5. The number of nitriles is 1. The molecule has 250 valence electrons. The second-order valence-corrected chi connectivity index (χ2v) is 13.1. The number of para-hydroxylation sites is 1. The lowest BCUT2D eigenvalue weighted by Crippen LogP contribution is -2.30. The van der Waals surface area contributed by atoms with Gasteiger partial charge in [0, 0.05) is 34.2 Å². The minimum absolute atomic E-state index is 0.0204. The number of thiophene rings is 1. The molecule has 10 nitrogen and oxygen atoms in total. The lowest BCUT2D eigenvalue weighted by atomic mass is 10.1. The Kier molecular flexibility index (Phi) is 11.9. The summed E-state index contributed by atoms with van der Waals surface area (Å²) < 4.78 is 0. The molecule has 0 aliphatic rings. The van der Waals surface area contributed by atoms with Gasteiger partial charge in [-0.15, -0.1) is 23.1 Å². The zero-order valence-corrected chi connectivity index (χ0v) is 28.7. The fourth-order valence-corrected chi connectivity index (χ4v) is 6.83. The lowest BCUT2D eigenvalue weighted by Gasteiger charge is -2.15. The van der Waals surface area contributed by atoms with E-state index in [2.05, 4.69) is 32.3 Å². The number of hydrogen-bond donors (Lipinski definition) is 4. The van der Waals surface area contributed by atoms with Crippen LogP contribution in [-0.4, -0.2) is 33.9 Å². The predicted octanol–water partition coefficient (Wildman–Crippen LogP) is 7.49. The molecule has 4 N–H and O–H groups in total. The number of thioether (sulfide) groups is 1. The van der Waals surface area contributed by atoms with Crippen LogP contribution in [0.2, 0.25) is 0 Å². The van der Waals surface area contributed by atoms with Crippen molar-refractivity contribution in [3.8, 4) is 6.07 Å². The van der Waals surface area contributed by atoms with Crippen molar-refractivity contribution in [1.29, 1.82) is 5.26 Å². The van der Waals surface area contributed by atoms with Crippen LogP contribution in [-0.2, 0) is 9.59 Å². The summed E-state index contributed by atoms with van der Waals surface area (Å²) in [7, 11) is 0. The maximum Gasteiger partial charge on any atom is 0.272 e. The Balaban J connectivity index is 1.28. The number of amides is 4. The van der Waals surface area contributed by atoms with Crippen molar-refractivity contribution in [3.05, 3.63) is 142 Å². The molecular formula is C38H32N6O4S2. The van der Waals surface area contributed by atoms with Gasteiger partial charge in [0.25, 0.3) is 17.7 Å². The molecular weight excluding hydrogens is 669 g/mol. The van der Waals surface area contributed by atoms with Crippen LogP contribution in [0, 0.1) is 18.3 Å². The Bertz CT molecular complexity index is 2080. The van der Waals surface area contributed by atoms with Crippen LogP contribution >= 0.6 is 23.1 Å². The Hall–Kier alpha value is -6.03. The van der Waals surface area contributed by atoms with E-state index >= 15 is 0 Å². The Morgan fingerprint density at radius 2 is 1.60 bits per heavy atom.